The molecule has 4 aromatic rings. The van der Waals surface area contributed by atoms with Gasteiger partial charge in [-0.1, -0.05) is 79.4 Å². The molecule has 0 amide bonds. The van der Waals surface area contributed by atoms with Crippen LogP contribution in [0.4, 0.5) is 0 Å². The highest BCUT2D eigenvalue weighted by atomic mass is 35.5. The Bertz CT molecular complexity index is 1430. The van der Waals surface area contributed by atoms with Crippen LogP contribution in [0.1, 0.15) is 55.2 Å². The second-order valence-electron chi connectivity index (χ2n) is 9.57. The van der Waals surface area contributed by atoms with E-state index in [4.69, 9.17) is 11.6 Å². The number of nitrogens with zero attached hydrogens (tertiary/aromatic N) is 3. The van der Waals surface area contributed by atoms with Crippen molar-refractivity contribution in [3.63, 3.8) is 0 Å². The van der Waals surface area contributed by atoms with Gasteiger partial charge >= 0.3 is 0 Å². The Balaban J connectivity index is 1.30. The zero-order valence-corrected chi connectivity index (χ0v) is 23.4. The second-order valence-corrected chi connectivity index (χ2v) is 11.1. The van der Waals surface area contributed by atoms with Gasteiger partial charge in [0.1, 0.15) is 0 Å². The lowest BCUT2D eigenvalue weighted by Gasteiger charge is -2.14. The molecule has 0 saturated carbocycles. The second kappa shape index (κ2) is 14.2. The third kappa shape index (κ3) is 8.20. The maximum atomic E-state index is 12.9. The van der Waals surface area contributed by atoms with Crippen molar-refractivity contribution < 1.29 is 0 Å². The Kier molecular flexibility index (Phi) is 10.4. The van der Waals surface area contributed by atoms with Crippen molar-refractivity contribution in [3.8, 4) is 5.69 Å². The Hall–Kier alpha value is -3.09. The minimum Gasteiger partial charge on any atom is -0.319 e. The number of benzene rings is 2. The Morgan fingerprint density at radius 2 is 1.55 bits per heavy atom. The first-order chi connectivity index (χ1) is 18.5. The SMILES string of the molecule is Cn1ccc(Cc2cn(-c3ccccc3)c(SCCCCCCCCc3ccc(Cl)cc3)nc2=O)cc1=O. The minimum atomic E-state index is -0.235. The van der Waals surface area contributed by atoms with Gasteiger partial charge in [-0.3, -0.25) is 14.2 Å². The van der Waals surface area contributed by atoms with Crippen LogP contribution in [0.5, 0.6) is 0 Å². The molecule has 0 bridgehead atoms. The summed E-state index contributed by atoms with van der Waals surface area (Å²) in [5, 5.41) is 1.50. The molecule has 0 aliphatic rings. The Morgan fingerprint density at radius 1 is 0.842 bits per heavy atom. The zero-order valence-electron chi connectivity index (χ0n) is 21.8. The maximum Gasteiger partial charge on any atom is 0.277 e. The van der Waals surface area contributed by atoms with E-state index in [-0.39, 0.29) is 11.1 Å². The molecule has 198 valence electrons. The highest BCUT2D eigenvalue weighted by molar-refractivity contribution is 7.99. The maximum absolute atomic E-state index is 12.9. The third-order valence-corrected chi connectivity index (χ3v) is 7.86. The van der Waals surface area contributed by atoms with E-state index >= 15 is 0 Å². The number of halogens is 1. The van der Waals surface area contributed by atoms with Crippen LogP contribution in [0.25, 0.3) is 5.69 Å². The highest BCUT2D eigenvalue weighted by Crippen LogP contribution is 2.22. The van der Waals surface area contributed by atoms with Crippen LogP contribution in [0.2, 0.25) is 5.02 Å². The molecule has 5 nitrogen and oxygen atoms in total. The molecule has 2 aromatic heterocycles. The summed E-state index contributed by atoms with van der Waals surface area (Å²) in [7, 11) is 1.71. The van der Waals surface area contributed by atoms with Crippen molar-refractivity contribution >= 4 is 23.4 Å². The molecular weight excluding hydrogens is 514 g/mol. The third-order valence-electron chi connectivity index (χ3n) is 6.56. The first kappa shape index (κ1) is 27.9. The average molecular weight is 548 g/mol. The zero-order chi connectivity index (χ0) is 26.7. The minimum absolute atomic E-state index is 0.0902. The lowest BCUT2D eigenvalue weighted by molar-refractivity contribution is 0.609. The fourth-order valence-corrected chi connectivity index (χ4v) is 5.45. The molecule has 2 aromatic carbocycles. The standard InChI is InChI=1S/C31H34ClN3O2S/c1-34-19-18-25(22-29(34)36)21-26-23-35(28-12-8-6-9-13-28)31(33-30(26)37)38-20-10-5-3-2-4-7-11-24-14-16-27(32)17-15-24/h6,8-9,12-19,22-23H,2-5,7,10-11,20-21H2,1H3. The van der Waals surface area contributed by atoms with E-state index < -0.39 is 0 Å². The largest absolute Gasteiger partial charge is 0.319 e. The predicted octanol–water partition coefficient (Wildman–Crippen LogP) is 6.85. The first-order valence-corrected chi connectivity index (χ1v) is 14.6. The number of aromatic nitrogens is 3. The summed E-state index contributed by atoms with van der Waals surface area (Å²) in [5.41, 5.74) is 3.37. The molecule has 0 N–H and O–H groups in total. The molecule has 0 aliphatic heterocycles. The highest BCUT2D eigenvalue weighted by Gasteiger charge is 2.12. The average Bonchev–Trinajstić information content (AvgIpc) is 2.92. The number of thioether (sulfide) groups is 1. The van der Waals surface area contributed by atoms with Gasteiger partial charge in [0.2, 0.25) is 0 Å². The van der Waals surface area contributed by atoms with Crippen LogP contribution in [-0.2, 0) is 19.9 Å². The van der Waals surface area contributed by atoms with Crippen LogP contribution in [0, 0.1) is 0 Å². The van der Waals surface area contributed by atoms with Gasteiger partial charge in [0, 0.05) is 54.0 Å². The molecule has 0 saturated heterocycles. The summed E-state index contributed by atoms with van der Waals surface area (Å²) in [6, 6.07) is 21.6. The van der Waals surface area contributed by atoms with Crippen LogP contribution < -0.4 is 11.1 Å². The van der Waals surface area contributed by atoms with Gasteiger partial charge in [-0.25, -0.2) is 0 Å². The van der Waals surface area contributed by atoms with E-state index in [9.17, 15) is 9.59 Å². The van der Waals surface area contributed by atoms with Crippen molar-refractivity contribution in [2.24, 2.45) is 7.05 Å². The number of hydrogen-bond donors (Lipinski definition) is 0. The van der Waals surface area contributed by atoms with Crippen molar-refractivity contribution in [2.45, 2.75) is 56.5 Å². The van der Waals surface area contributed by atoms with Gasteiger partial charge in [0.25, 0.3) is 11.1 Å². The summed E-state index contributed by atoms with van der Waals surface area (Å²) in [5.74, 6) is 0.915. The van der Waals surface area contributed by atoms with Crippen LogP contribution >= 0.6 is 23.4 Å². The molecule has 0 radical (unpaired) electrons. The van der Waals surface area contributed by atoms with Crippen LogP contribution in [-0.4, -0.2) is 19.9 Å². The Morgan fingerprint density at radius 3 is 2.29 bits per heavy atom. The molecule has 0 aliphatic carbocycles. The lowest BCUT2D eigenvalue weighted by atomic mass is 10.1. The summed E-state index contributed by atoms with van der Waals surface area (Å²) in [6.07, 6.45) is 12.2. The van der Waals surface area contributed by atoms with Crippen molar-refractivity contribution in [2.75, 3.05) is 5.75 Å². The smallest absolute Gasteiger partial charge is 0.277 e. The van der Waals surface area contributed by atoms with E-state index in [0.717, 1.165) is 34.9 Å². The number of hydrogen-bond acceptors (Lipinski definition) is 4. The number of pyridine rings is 1. The number of aryl methyl sites for hydroxylation is 2. The molecule has 0 fully saturated rings. The first-order valence-electron chi connectivity index (χ1n) is 13.2. The van der Waals surface area contributed by atoms with E-state index in [1.807, 2.05) is 59.3 Å². The van der Waals surface area contributed by atoms with Crippen molar-refractivity contribution in [1.29, 1.82) is 0 Å². The summed E-state index contributed by atoms with van der Waals surface area (Å²) >= 11 is 7.59. The van der Waals surface area contributed by atoms with E-state index in [2.05, 4.69) is 17.1 Å². The van der Waals surface area contributed by atoms with Gasteiger partial charge in [0.15, 0.2) is 5.16 Å². The normalized spacial score (nSPS) is 11.1. The summed E-state index contributed by atoms with van der Waals surface area (Å²) in [6.45, 7) is 0. The molecule has 2 heterocycles. The molecule has 0 spiro atoms. The van der Waals surface area contributed by atoms with Crippen LogP contribution in [0.15, 0.2) is 93.9 Å². The summed E-state index contributed by atoms with van der Waals surface area (Å²) < 4.78 is 3.52. The molecule has 7 heteroatoms. The molecular formula is C31H34ClN3O2S. The molecule has 0 atom stereocenters. The van der Waals surface area contributed by atoms with Gasteiger partial charge in [-0.2, -0.15) is 4.98 Å². The predicted molar refractivity (Wildman–Crippen MR) is 158 cm³/mol. The van der Waals surface area contributed by atoms with Gasteiger partial charge in [-0.05, 0) is 60.7 Å². The van der Waals surface area contributed by atoms with E-state index in [0.29, 0.717) is 17.1 Å². The van der Waals surface area contributed by atoms with Gasteiger partial charge in [0.05, 0.1) is 0 Å². The monoisotopic (exact) mass is 547 g/mol. The summed E-state index contributed by atoms with van der Waals surface area (Å²) in [4.78, 5) is 29.4. The topological polar surface area (TPSA) is 56.9 Å². The molecule has 0 unspecified atom stereocenters. The number of para-hydroxylation sites is 1. The number of unbranched alkanes of at least 4 members (excludes halogenated alkanes) is 5. The van der Waals surface area contributed by atoms with Crippen molar-refractivity contribution in [3.05, 3.63) is 122 Å². The fourth-order valence-electron chi connectivity index (χ4n) is 4.35. The van der Waals surface area contributed by atoms with Gasteiger partial charge < -0.3 is 4.57 Å². The fraction of sp³-hybridized carbons (Fsp3) is 0.323. The van der Waals surface area contributed by atoms with Crippen LogP contribution in [0.3, 0.4) is 0 Å². The van der Waals surface area contributed by atoms with Crippen molar-refractivity contribution in [1.82, 2.24) is 14.1 Å². The molecule has 4 rings (SSSR count). The lowest BCUT2D eigenvalue weighted by Crippen LogP contribution is -2.20. The Labute approximate surface area is 233 Å². The quantitative estimate of drug-likeness (QED) is 0.104. The van der Waals surface area contributed by atoms with Gasteiger partial charge in [-0.15, -0.1) is 0 Å². The number of rotatable bonds is 13. The van der Waals surface area contributed by atoms with E-state index in [1.54, 1.807) is 31.1 Å². The molecule has 38 heavy (non-hydrogen) atoms. The van der Waals surface area contributed by atoms with E-state index in [1.165, 1.54) is 42.2 Å².